The first kappa shape index (κ1) is 15.3. The number of carbonyl (C=O) groups excluding carboxylic acids is 2. The average molecular weight is 292 g/mol. The first-order valence-corrected chi connectivity index (χ1v) is 6.76. The van der Waals surface area contributed by atoms with Crippen LogP contribution in [0.1, 0.15) is 28.4 Å². The Morgan fingerprint density at radius 1 is 1.09 bits per heavy atom. The van der Waals surface area contributed by atoms with Gasteiger partial charge >= 0.3 is 0 Å². The van der Waals surface area contributed by atoms with E-state index in [2.05, 4.69) is 16.6 Å². The van der Waals surface area contributed by atoms with Crippen LogP contribution in [0.3, 0.4) is 0 Å². The number of anilines is 2. The van der Waals surface area contributed by atoms with Crippen molar-refractivity contribution in [3.63, 3.8) is 0 Å². The van der Waals surface area contributed by atoms with Gasteiger partial charge in [-0.1, -0.05) is 18.1 Å². The smallest absolute Gasteiger partial charge is 0.255 e. The summed E-state index contributed by atoms with van der Waals surface area (Å²) < 4.78 is 0. The lowest BCUT2D eigenvalue weighted by molar-refractivity contribution is -0.114. The third-order valence-corrected chi connectivity index (χ3v) is 3.10. The number of nitrogens with one attached hydrogen (secondary N) is 2. The van der Waals surface area contributed by atoms with Crippen LogP contribution in [0.2, 0.25) is 0 Å². The molecule has 2 amide bonds. The Hall–Kier alpha value is -3.06. The highest BCUT2D eigenvalue weighted by atomic mass is 16.2. The van der Waals surface area contributed by atoms with E-state index in [9.17, 15) is 9.59 Å². The fraction of sp³-hybridized carbons (Fsp3) is 0.111. The lowest BCUT2D eigenvalue weighted by atomic mass is 10.1. The summed E-state index contributed by atoms with van der Waals surface area (Å²) in [4.78, 5) is 23.5. The summed E-state index contributed by atoms with van der Waals surface area (Å²) in [7, 11) is 0. The molecule has 2 rings (SSSR count). The summed E-state index contributed by atoms with van der Waals surface area (Å²) in [5, 5.41) is 5.49. The number of hydrogen-bond acceptors (Lipinski definition) is 2. The fourth-order valence-electron chi connectivity index (χ4n) is 1.98. The average Bonchev–Trinajstić information content (AvgIpc) is 2.49. The Morgan fingerprint density at radius 3 is 2.55 bits per heavy atom. The van der Waals surface area contributed by atoms with Crippen LogP contribution in [-0.4, -0.2) is 11.8 Å². The van der Waals surface area contributed by atoms with Gasteiger partial charge in [-0.3, -0.25) is 9.59 Å². The van der Waals surface area contributed by atoms with Gasteiger partial charge in [0.1, 0.15) is 0 Å². The third kappa shape index (κ3) is 3.74. The molecule has 0 saturated carbocycles. The van der Waals surface area contributed by atoms with E-state index >= 15 is 0 Å². The van der Waals surface area contributed by atoms with Crippen molar-refractivity contribution in [1.82, 2.24) is 0 Å². The molecule has 0 unspecified atom stereocenters. The summed E-state index contributed by atoms with van der Waals surface area (Å²) in [6.07, 6.45) is 5.34. The number of amides is 2. The van der Waals surface area contributed by atoms with Gasteiger partial charge in [0.05, 0.1) is 0 Å². The Balaban J connectivity index is 2.22. The summed E-state index contributed by atoms with van der Waals surface area (Å²) >= 11 is 0. The maximum atomic E-state index is 12.3. The quantitative estimate of drug-likeness (QED) is 0.854. The van der Waals surface area contributed by atoms with Crippen LogP contribution in [-0.2, 0) is 4.79 Å². The lowest BCUT2D eigenvalue weighted by Gasteiger charge is -2.10. The molecule has 2 aromatic carbocycles. The molecule has 0 spiro atoms. The van der Waals surface area contributed by atoms with E-state index < -0.39 is 0 Å². The molecule has 2 aromatic rings. The second-order valence-electron chi connectivity index (χ2n) is 4.89. The Bertz CT molecular complexity index is 773. The highest BCUT2D eigenvalue weighted by molar-refractivity contribution is 6.05. The molecule has 2 N–H and O–H groups in total. The first-order chi connectivity index (χ1) is 10.5. The largest absolute Gasteiger partial charge is 0.326 e. The molecule has 0 aliphatic heterocycles. The van der Waals surface area contributed by atoms with Gasteiger partial charge in [-0.15, -0.1) is 6.42 Å². The first-order valence-electron chi connectivity index (χ1n) is 6.76. The minimum Gasteiger partial charge on any atom is -0.326 e. The van der Waals surface area contributed by atoms with E-state index in [1.807, 2.05) is 6.92 Å². The van der Waals surface area contributed by atoms with Gasteiger partial charge < -0.3 is 10.6 Å². The zero-order chi connectivity index (χ0) is 16.1. The van der Waals surface area contributed by atoms with Crippen molar-refractivity contribution in [3.05, 3.63) is 59.2 Å². The molecule has 0 aliphatic carbocycles. The van der Waals surface area contributed by atoms with E-state index in [4.69, 9.17) is 6.42 Å². The van der Waals surface area contributed by atoms with E-state index in [1.54, 1.807) is 42.5 Å². The topological polar surface area (TPSA) is 58.2 Å². The Kier molecular flexibility index (Phi) is 4.60. The van der Waals surface area contributed by atoms with Crippen molar-refractivity contribution >= 4 is 23.2 Å². The van der Waals surface area contributed by atoms with Crippen LogP contribution in [0.5, 0.6) is 0 Å². The molecule has 0 aliphatic rings. The zero-order valence-corrected chi connectivity index (χ0v) is 12.4. The number of benzene rings is 2. The van der Waals surface area contributed by atoms with Crippen LogP contribution in [0, 0.1) is 19.3 Å². The normalized spacial score (nSPS) is 9.68. The number of hydrogen-bond donors (Lipinski definition) is 2. The third-order valence-electron chi connectivity index (χ3n) is 3.10. The van der Waals surface area contributed by atoms with Gasteiger partial charge in [0.25, 0.3) is 5.91 Å². The van der Waals surface area contributed by atoms with Crippen LogP contribution in [0.15, 0.2) is 42.5 Å². The molecule has 110 valence electrons. The SMILES string of the molecule is C#Cc1cccc(NC(=O)c2ccc(C)c(NC(C)=O)c2)c1. The summed E-state index contributed by atoms with van der Waals surface area (Å²) in [5.74, 6) is 2.08. The van der Waals surface area contributed by atoms with Crippen LogP contribution in [0.25, 0.3) is 0 Å². The van der Waals surface area contributed by atoms with Crippen molar-refractivity contribution in [3.8, 4) is 12.3 Å². The monoisotopic (exact) mass is 292 g/mol. The van der Waals surface area contributed by atoms with E-state index in [-0.39, 0.29) is 11.8 Å². The second kappa shape index (κ2) is 6.59. The van der Waals surface area contributed by atoms with Gasteiger partial charge in [0, 0.05) is 29.4 Å². The molecule has 0 radical (unpaired) electrons. The van der Waals surface area contributed by atoms with E-state index in [0.717, 1.165) is 5.56 Å². The zero-order valence-electron chi connectivity index (χ0n) is 12.4. The minimum absolute atomic E-state index is 0.178. The predicted molar refractivity (Wildman–Crippen MR) is 87.8 cm³/mol. The minimum atomic E-state index is -0.263. The van der Waals surface area contributed by atoms with E-state index in [1.165, 1.54) is 6.92 Å². The number of aryl methyl sites for hydroxylation is 1. The van der Waals surface area contributed by atoms with Gasteiger partial charge in [0.2, 0.25) is 5.91 Å². The van der Waals surface area contributed by atoms with Crippen molar-refractivity contribution in [2.75, 3.05) is 10.6 Å². The molecule has 0 heterocycles. The maximum absolute atomic E-state index is 12.3. The Morgan fingerprint density at radius 2 is 1.86 bits per heavy atom. The molecule has 0 bridgehead atoms. The predicted octanol–water partition coefficient (Wildman–Crippen LogP) is 3.19. The van der Waals surface area contributed by atoms with Crippen molar-refractivity contribution in [2.24, 2.45) is 0 Å². The molecule has 4 nitrogen and oxygen atoms in total. The molecule has 0 aromatic heterocycles. The van der Waals surface area contributed by atoms with Crippen molar-refractivity contribution in [1.29, 1.82) is 0 Å². The van der Waals surface area contributed by atoms with Gasteiger partial charge in [-0.25, -0.2) is 0 Å². The molecule has 0 fully saturated rings. The van der Waals surface area contributed by atoms with Gasteiger partial charge in [-0.05, 0) is 42.8 Å². The lowest BCUT2D eigenvalue weighted by Crippen LogP contribution is -2.13. The van der Waals surface area contributed by atoms with Crippen LogP contribution < -0.4 is 10.6 Å². The molecule has 4 heteroatoms. The highest BCUT2D eigenvalue weighted by Crippen LogP contribution is 2.18. The van der Waals surface area contributed by atoms with Gasteiger partial charge in [0.15, 0.2) is 0 Å². The maximum Gasteiger partial charge on any atom is 0.255 e. The standard InChI is InChI=1S/C18H16N2O2/c1-4-14-6-5-7-16(10-14)20-18(22)15-9-8-12(2)17(11-15)19-13(3)21/h1,5-11H,2-3H3,(H,19,21)(H,20,22). The molecule has 0 atom stereocenters. The Labute approximate surface area is 129 Å². The van der Waals surface area contributed by atoms with E-state index in [0.29, 0.717) is 22.5 Å². The van der Waals surface area contributed by atoms with Crippen LogP contribution in [0.4, 0.5) is 11.4 Å². The summed E-state index contributed by atoms with van der Waals surface area (Å²) in [6, 6.07) is 12.2. The number of carbonyl (C=O) groups is 2. The fourth-order valence-corrected chi connectivity index (χ4v) is 1.98. The molecular weight excluding hydrogens is 276 g/mol. The highest BCUT2D eigenvalue weighted by Gasteiger charge is 2.09. The van der Waals surface area contributed by atoms with Gasteiger partial charge in [-0.2, -0.15) is 0 Å². The molecule has 0 saturated heterocycles. The molecular formula is C18H16N2O2. The number of terminal acetylenes is 1. The molecule has 22 heavy (non-hydrogen) atoms. The number of rotatable bonds is 3. The summed E-state index contributed by atoms with van der Waals surface area (Å²) in [6.45, 7) is 3.29. The van der Waals surface area contributed by atoms with Crippen LogP contribution >= 0.6 is 0 Å². The summed E-state index contributed by atoms with van der Waals surface area (Å²) in [5.41, 5.74) is 3.29. The second-order valence-corrected chi connectivity index (χ2v) is 4.89. The van der Waals surface area contributed by atoms with Crippen molar-refractivity contribution < 1.29 is 9.59 Å². The van der Waals surface area contributed by atoms with Crippen molar-refractivity contribution in [2.45, 2.75) is 13.8 Å².